The fourth-order valence-electron chi connectivity index (χ4n) is 2.51. The Hall–Kier alpha value is -2.70. The largest absolute Gasteiger partial charge is 0.481 e. The van der Waals surface area contributed by atoms with E-state index < -0.39 is 0 Å². The Bertz CT molecular complexity index is 640. The highest BCUT2D eigenvalue weighted by Gasteiger charge is 2.25. The number of aromatic nitrogens is 3. The molecule has 0 aromatic carbocycles. The maximum Gasteiger partial charge on any atom is 0.255 e. The lowest BCUT2D eigenvalue weighted by Gasteiger charge is -2.31. The lowest BCUT2D eigenvalue weighted by molar-refractivity contribution is 0.0587. The van der Waals surface area contributed by atoms with Crippen LogP contribution in [0.5, 0.6) is 11.8 Å². The number of hydrogen-bond donors (Lipinski definition) is 0. The molecule has 0 N–H and O–H groups in total. The van der Waals surface area contributed by atoms with E-state index in [2.05, 4.69) is 15.0 Å². The number of carbonyl (C=O) groups excluding carboxylic acids is 1. The quantitative estimate of drug-likeness (QED) is 0.852. The molecule has 0 spiro atoms. The average molecular weight is 314 g/mol. The first-order valence-electron chi connectivity index (χ1n) is 7.48. The standard InChI is InChI=1S/C16H18N4O3/c1-22-14-3-2-12(10-18-14)16(21)20-8-5-13(6-9-20)23-15-4-7-17-11-19-15/h2-4,7,10-11,13H,5-6,8-9H2,1H3. The summed E-state index contributed by atoms with van der Waals surface area (Å²) in [5, 5.41) is 0. The van der Waals surface area contributed by atoms with Gasteiger partial charge in [0.2, 0.25) is 11.8 Å². The highest BCUT2D eigenvalue weighted by atomic mass is 16.5. The van der Waals surface area contributed by atoms with Gasteiger partial charge in [0, 0.05) is 50.5 Å². The Labute approximate surface area is 134 Å². The molecular weight excluding hydrogens is 296 g/mol. The Morgan fingerprint density at radius 2 is 2.00 bits per heavy atom. The molecule has 7 heteroatoms. The van der Waals surface area contributed by atoms with E-state index in [1.165, 1.54) is 6.33 Å². The molecule has 0 saturated carbocycles. The summed E-state index contributed by atoms with van der Waals surface area (Å²) in [7, 11) is 1.55. The molecule has 2 aromatic rings. The molecule has 0 radical (unpaired) electrons. The lowest BCUT2D eigenvalue weighted by atomic mass is 10.1. The van der Waals surface area contributed by atoms with E-state index >= 15 is 0 Å². The molecule has 7 nitrogen and oxygen atoms in total. The van der Waals surface area contributed by atoms with Gasteiger partial charge in [-0.15, -0.1) is 0 Å². The van der Waals surface area contributed by atoms with Crippen LogP contribution in [-0.4, -0.2) is 52.1 Å². The number of nitrogens with zero attached hydrogens (tertiary/aromatic N) is 4. The van der Waals surface area contributed by atoms with Crippen molar-refractivity contribution in [3.63, 3.8) is 0 Å². The van der Waals surface area contributed by atoms with Gasteiger partial charge in [-0.1, -0.05) is 0 Å². The SMILES string of the molecule is COc1ccc(C(=O)N2CCC(Oc3ccncn3)CC2)cn1. The first-order chi connectivity index (χ1) is 11.3. The van der Waals surface area contributed by atoms with E-state index in [1.807, 2.05) is 4.90 Å². The van der Waals surface area contributed by atoms with Gasteiger partial charge in [0.15, 0.2) is 0 Å². The predicted molar refractivity (Wildman–Crippen MR) is 82.4 cm³/mol. The fraction of sp³-hybridized carbons (Fsp3) is 0.375. The second-order valence-electron chi connectivity index (χ2n) is 5.25. The minimum atomic E-state index is -0.0133. The third-order valence-electron chi connectivity index (χ3n) is 3.76. The minimum absolute atomic E-state index is 0.0133. The summed E-state index contributed by atoms with van der Waals surface area (Å²) in [6, 6.07) is 5.16. The van der Waals surface area contributed by atoms with Gasteiger partial charge in [-0.05, 0) is 6.07 Å². The third kappa shape index (κ3) is 3.74. The van der Waals surface area contributed by atoms with Crippen molar-refractivity contribution in [1.29, 1.82) is 0 Å². The topological polar surface area (TPSA) is 77.4 Å². The van der Waals surface area contributed by atoms with Crippen molar-refractivity contribution >= 4 is 5.91 Å². The van der Waals surface area contributed by atoms with Crippen LogP contribution in [0.4, 0.5) is 0 Å². The summed E-state index contributed by atoms with van der Waals surface area (Å²) in [4.78, 5) is 26.3. The zero-order valence-electron chi connectivity index (χ0n) is 12.9. The van der Waals surface area contributed by atoms with E-state index in [4.69, 9.17) is 9.47 Å². The number of piperidine rings is 1. The van der Waals surface area contributed by atoms with Gasteiger partial charge >= 0.3 is 0 Å². The molecule has 0 atom stereocenters. The van der Waals surface area contributed by atoms with E-state index in [1.54, 1.807) is 37.7 Å². The van der Waals surface area contributed by atoms with Crippen molar-refractivity contribution in [2.45, 2.75) is 18.9 Å². The number of pyridine rings is 1. The minimum Gasteiger partial charge on any atom is -0.481 e. The highest BCUT2D eigenvalue weighted by molar-refractivity contribution is 5.94. The number of hydrogen-bond acceptors (Lipinski definition) is 6. The van der Waals surface area contributed by atoms with Gasteiger partial charge in [-0.25, -0.2) is 15.0 Å². The summed E-state index contributed by atoms with van der Waals surface area (Å²) in [5.41, 5.74) is 0.570. The summed E-state index contributed by atoms with van der Waals surface area (Å²) in [6.45, 7) is 1.31. The molecule has 120 valence electrons. The normalized spacial score (nSPS) is 15.3. The van der Waals surface area contributed by atoms with Crippen LogP contribution in [0.3, 0.4) is 0 Å². The Kier molecular flexibility index (Phi) is 4.65. The first-order valence-corrected chi connectivity index (χ1v) is 7.48. The van der Waals surface area contributed by atoms with Crippen LogP contribution in [0.1, 0.15) is 23.2 Å². The van der Waals surface area contributed by atoms with Gasteiger partial charge in [-0.3, -0.25) is 4.79 Å². The molecule has 3 heterocycles. The fourth-order valence-corrected chi connectivity index (χ4v) is 2.51. The Morgan fingerprint density at radius 1 is 1.17 bits per heavy atom. The number of amides is 1. The molecular formula is C16H18N4O3. The second kappa shape index (κ2) is 7.04. The van der Waals surface area contributed by atoms with Crippen LogP contribution in [0.2, 0.25) is 0 Å². The zero-order chi connectivity index (χ0) is 16.1. The molecule has 1 amide bonds. The third-order valence-corrected chi connectivity index (χ3v) is 3.76. The van der Waals surface area contributed by atoms with Crippen molar-refractivity contribution in [2.75, 3.05) is 20.2 Å². The van der Waals surface area contributed by atoms with Crippen molar-refractivity contribution in [3.8, 4) is 11.8 Å². The summed E-state index contributed by atoms with van der Waals surface area (Å²) in [6.07, 6.45) is 6.29. The second-order valence-corrected chi connectivity index (χ2v) is 5.25. The van der Waals surface area contributed by atoms with Crippen LogP contribution in [0, 0.1) is 0 Å². The van der Waals surface area contributed by atoms with Crippen molar-refractivity contribution in [1.82, 2.24) is 19.9 Å². The number of rotatable bonds is 4. The van der Waals surface area contributed by atoms with Crippen molar-refractivity contribution in [3.05, 3.63) is 42.5 Å². The molecule has 1 aliphatic heterocycles. The molecule has 0 unspecified atom stereocenters. The summed E-state index contributed by atoms with van der Waals surface area (Å²) >= 11 is 0. The van der Waals surface area contributed by atoms with Crippen LogP contribution >= 0.6 is 0 Å². The molecule has 23 heavy (non-hydrogen) atoms. The molecule has 2 aromatic heterocycles. The number of methoxy groups -OCH3 is 1. The molecule has 3 rings (SSSR count). The highest BCUT2D eigenvalue weighted by Crippen LogP contribution is 2.18. The summed E-state index contributed by atoms with van der Waals surface area (Å²) in [5.74, 6) is 1.06. The van der Waals surface area contributed by atoms with Crippen molar-refractivity contribution in [2.24, 2.45) is 0 Å². The van der Waals surface area contributed by atoms with E-state index in [9.17, 15) is 4.79 Å². The van der Waals surface area contributed by atoms with Crippen LogP contribution in [0.15, 0.2) is 36.9 Å². The van der Waals surface area contributed by atoms with E-state index in [0.717, 1.165) is 12.8 Å². The van der Waals surface area contributed by atoms with Gasteiger partial charge < -0.3 is 14.4 Å². The molecule has 1 saturated heterocycles. The average Bonchev–Trinajstić information content (AvgIpc) is 2.63. The van der Waals surface area contributed by atoms with Crippen LogP contribution in [0.25, 0.3) is 0 Å². The maximum atomic E-state index is 12.4. The van der Waals surface area contributed by atoms with Gasteiger partial charge in [0.05, 0.1) is 12.7 Å². The Balaban J connectivity index is 1.54. The van der Waals surface area contributed by atoms with Gasteiger partial charge in [0.1, 0.15) is 12.4 Å². The predicted octanol–water partition coefficient (Wildman–Crippen LogP) is 1.56. The van der Waals surface area contributed by atoms with Crippen molar-refractivity contribution < 1.29 is 14.3 Å². The Morgan fingerprint density at radius 3 is 2.61 bits per heavy atom. The molecule has 1 fully saturated rings. The smallest absolute Gasteiger partial charge is 0.255 e. The molecule has 0 bridgehead atoms. The lowest BCUT2D eigenvalue weighted by Crippen LogP contribution is -2.41. The van der Waals surface area contributed by atoms with Gasteiger partial charge in [0.25, 0.3) is 5.91 Å². The van der Waals surface area contributed by atoms with Crippen LogP contribution < -0.4 is 9.47 Å². The zero-order valence-corrected chi connectivity index (χ0v) is 12.9. The maximum absolute atomic E-state index is 12.4. The van der Waals surface area contributed by atoms with E-state index in [0.29, 0.717) is 30.4 Å². The summed E-state index contributed by atoms with van der Waals surface area (Å²) < 4.78 is 10.8. The van der Waals surface area contributed by atoms with Crippen LogP contribution in [-0.2, 0) is 0 Å². The first kappa shape index (κ1) is 15.2. The monoisotopic (exact) mass is 314 g/mol. The number of likely N-dealkylation sites (tertiary alicyclic amines) is 1. The molecule has 1 aliphatic rings. The van der Waals surface area contributed by atoms with E-state index in [-0.39, 0.29) is 12.0 Å². The number of carbonyl (C=O) groups is 1. The molecule has 0 aliphatic carbocycles. The van der Waals surface area contributed by atoms with Gasteiger partial charge in [-0.2, -0.15) is 0 Å². The number of ether oxygens (including phenoxy) is 2.